The third kappa shape index (κ3) is 5.55. The molecule has 0 spiro atoms. The summed E-state index contributed by atoms with van der Waals surface area (Å²) >= 11 is -5.31. The van der Waals surface area contributed by atoms with Crippen LogP contribution in [0.3, 0.4) is 0 Å². The number of anilines is 1. The molecule has 0 saturated heterocycles. The molecule has 0 fully saturated rings. The van der Waals surface area contributed by atoms with Crippen molar-refractivity contribution in [2.24, 2.45) is 0 Å². The van der Waals surface area contributed by atoms with Gasteiger partial charge in [0.2, 0.25) is 0 Å². The molecule has 0 aliphatic rings. The summed E-state index contributed by atoms with van der Waals surface area (Å²) in [5.74, 6) is 0.798. The van der Waals surface area contributed by atoms with Gasteiger partial charge < -0.3 is 0 Å². The molecule has 9 heteroatoms. The number of amides is 1. The average molecular weight is 453 g/mol. The van der Waals surface area contributed by atoms with Crippen LogP contribution in [-0.4, -0.2) is 47.6 Å². The van der Waals surface area contributed by atoms with E-state index in [0.29, 0.717) is 36.3 Å². The number of phenols is 1. The van der Waals surface area contributed by atoms with Crippen LogP contribution in [0.5, 0.6) is 17.2 Å². The van der Waals surface area contributed by atoms with E-state index in [9.17, 15) is 21.8 Å². The number of benzene rings is 2. The number of aromatic hydroxyl groups is 1. The molecule has 2 rings (SSSR count). The van der Waals surface area contributed by atoms with E-state index in [1.54, 1.807) is 20.3 Å². The van der Waals surface area contributed by atoms with E-state index in [1.807, 2.05) is 12.1 Å². The van der Waals surface area contributed by atoms with Gasteiger partial charge in [-0.1, -0.05) is 0 Å². The Morgan fingerprint density at radius 2 is 1.75 bits per heavy atom. The van der Waals surface area contributed by atoms with Gasteiger partial charge in [-0.2, -0.15) is 0 Å². The average Bonchev–Trinajstić information content (AvgIpc) is 2.61. The first-order valence-electron chi connectivity index (χ1n) is 8.56. The second kappa shape index (κ2) is 9.19. The number of carbonyl (C=O) groups excluding carboxylic acids is 1. The fourth-order valence-electron chi connectivity index (χ4n) is 2.90. The summed E-state index contributed by atoms with van der Waals surface area (Å²) in [7, 11) is 3.15. The Balaban J connectivity index is 2.23. The topological polar surface area (TPSA) is 125 Å². The first-order chi connectivity index (χ1) is 13.2. The zero-order chi connectivity index (χ0) is 20.9. The number of nitrogens with one attached hydrogen (secondary N) is 1. The van der Waals surface area contributed by atoms with Crippen LogP contribution in [0.2, 0.25) is 0 Å². The molecule has 0 heterocycles. The number of rotatable bonds is 8. The van der Waals surface area contributed by atoms with Crippen LogP contribution >= 0.6 is 0 Å². The molecule has 0 unspecified atom stereocenters. The van der Waals surface area contributed by atoms with E-state index in [1.165, 1.54) is 19.1 Å². The quantitative estimate of drug-likeness (QED) is 0.441. The summed E-state index contributed by atoms with van der Waals surface area (Å²) in [6, 6.07) is 7.91. The van der Waals surface area contributed by atoms with Gasteiger partial charge in [0, 0.05) is 0 Å². The number of hydrogen-bond acceptors (Lipinski definition) is 5. The molecule has 0 aromatic heterocycles. The van der Waals surface area contributed by atoms with Crippen LogP contribution in [0.1, 0.15) is 24.5 Å². The van der Waals surface area contributed by atoms with Crippen molar-refractivity contribution >= 4 is 30.1 Å². The van der Waals surface area contributed by atoms with Crippen LogP contribution in [0.15, 0.2) is 30.3 Å². The van der Waals surface area contributed by atoms with Gasteiger partial charge in [0.25, 0.3) is 0 Å². The normalized spacial score (nSPS) is 11.2. The summed E-state index contributed by atoms with van der Waals surface area (Å²) in [6.45, 7) is 1.22. The first kappa shape index (κ1) is 21.9. The van der Waals surface area contributed by atoms with Crippen LogP contribution < -0.4 is 19.1 Å². The van der Waals surface area contributed by atoms with Crippen LogP contribution in [0.4, 0.5) is 5.69 Å². The number of ether oxygens (including phenoxy) is 2. The van der Waals surface area contributed by atoms with Crippen molar-refractivity contribution in [1.82, 2.24) is 0 Å². The molecule has 0 aliphatic heterocycles. The molecule has 0 bridgehead atoms. The molecule has 0 atom stereocenters. The standard InChI is InChI=1S/C19H24AsNO7/c1-12(22)21-17-11-18(23)13(10-16(17)20(24,25)26)5-4-6-14-9-15(27-2)7-8-19(14)28-3/h7-11,23H,4-6H2,1-3H3,(H,21,22)(H2,24,25,26). The van der Waals surface area contributed by atoms with E-state index in [4.69, 9.17) is 9.47 Å². The predicted octanol–water partition coefficient (Wildman–Crippen LogP) is 1.10. The number of carbonyl (C=O) groups is 1. The van der Waals surface area contributed by atoms with Crippen molar-refractivity contribution in [3.05, 3.63) is 41.5 Å². The molecular formula is C19H24AsNO7. The molecule has 1 amide bonds. The summed E-state index contributed by atoms with van der Waals surface area (Å²) in [4.78, 5) is 11.3. The number of hydrogen-bond donors (Lipinski definition) is 4. The van der Waals surface area contributed by atoms with E-state index < -0.39 is 20.1 Å². The Morgan fingerprint density at radius 3 is 2.32 bits per heavy atom. The van der Waals surface area contributed by atoms with Gasteiger partial charge in [0.15, 0.2) is 0 Å². The molecule has 0 radical (unpaired) electrons. The van der Waals surface area contributed by atoms with Crippen molar-refractivity contribution in [3.63, 3.8) is 0 Å². The summed E-state index contributed by atoms with van der Waals surface area (Å²) in [5, 5.41) is 12.6. The molecular weight excluding hydrogens is 429 g/mol. The SMILES string of the molecule is COc1ccc(OC)c(CCCc2cc([As](=O)(O)O)c(NC(C)=O)cc2O)c1. The predicted molar refractivity (Wildman–Crippen MR) is 104 cm³/mol. The van der Waals surface area contributed by atoms with Gasteiger partial charge in [-0.15, -0.1) is 0 Å². The number of phenolic OH excluding ortho intramolecular Hbond substituents is 1. The zero-order valence-electron chi connectivity index (χ0n) is 15.9. The van der Waals surface area contributed by atoms with Gasteiger partial charge >= 0.3 is 166 Å². The Labute approximate surface area is 166 Å². The first-order valence-corrected chi connectivity index (χ1v) is 11.9. The van der Waals surface area contributed by atoms with Crippen LogP contribution in [-0.2, 0) is 21.4 Å². The van der Waals surface area contributed by atoms with Crippen molar-refractivity contribution in [3.8, 4) is 17.2 Å². The third-order valence-corrected chi connectivity index (χ3v) is 6.29. The third-order valence-electron chi connectivity index (χ3n) is 4.20. The fourth-order valence-corrected chi connectivity index (χ4v) is 4.49. The van der Waals surface area contributed by atoms with Crippen LogP contribution in [0, 0.1) is 0 Å². The van der Waals surface area contributed by atoms with E-state index in [0.717, 1.165) is 5.56 Å². The molecule has 2 aromatic rings. The Hall–Kier alpha value is -2.41. The minimum absolute atomic E-state index is 0.0734. The molecule has 28 heavy (non-hydrogen) atoms. The Bertz CT molecular complexity index is 907. The molecule has 152 valence electrons. The van der Waals surface area contributed by atoms with Crippen molar-refractivity contribution in [1.29, 1.82) is 0 Å². The summed E-state index contributed by atoms with van der Waals surface area (Å²) < 4.78 is 41.4. The van der Waals surface area contributed by atoms with Gasteiger partial charge in [0.1, 0.15) is 0 Å². The number of methoxy groups -OCH3 is 2. The maximum atomic E-state index is 11.8. The molecule has 0 saturated carbocycles. The Morgan fingerprint density at radius 1 is 1.07 bits per heavy atom. The minimum atomic E-state index is -5.31. The van der Waals surface area contributed by atoms with Crippen LogP contribution in [0.25, 0.3) is 0 Å². The van der Waals surface area contributed by atoms with E-state index in [2.05, 4.69) is 5.32 Å². The van der Waals surface area contributed by atoms with Crippen molar-refractivity contribution in [2.75, 3.05) is 19.5 Å². The summed E-state index contributed by atoms with van der Waals surface area (Å²) in [6.07, 6.45) is 1.60. The monoisotopic (exact) mass is 453 g/mol. The van der Waals surface area contributed by atoms with Gasteiger partial charge in [-0.25, -0.2) is 0 Å². The zero-order valence-corrected chi connectivity index (χ0v) is 17.8. The van der Waals surface area contributed by atoms with Crippen molar-refractivity contribution < 1.29 is 31.3 Å². The van der Waals surface area contributed by atoms with Gasteiger partial charge in [0.05, 0.1) is 0 Å². The van der Waals surface area contributed by atoms with Gasteiger partial charge in [-0.3, -0.25) is 0 Å². The van der Waals surface area contributed by atoms with E-state index >= 15 is 0 Å². The summed E-state index contributed by atoms with van der Waals surface area (Å²) in [5.41, 5.74) is 1.25. The fraction of sp³-hybridized carbons (Fsp3) is 0.316. The van der Waals surface area contributed by atoms with Gasteiger partial charge in [-0.05, 0) is 0 Å². The second-order valence-corrected chi connectivity index (χ2v) is 9.55. The van der Waals surface area contributed by atoms with E-state index in [-0.39, 0.29) is 15.8 Å². The maximum absolute atomic E-state index is 11.8. The molecule has 0 aliphatic carbocycles. The molecule has 8 nitrogen and oxygen atoms in total. The molecule has 2 aromatic carbocycles. The number of aryl methyl sites for hydroxylation is 2. The molecule has 4 N–H and O–H groups in total. The Kier molecular flexibility index (Phi) is 7.18. The second-order valence-electron chi connectivity index (χ2n) is 6.25. The van der Waals surface area contributed by atoms with Crippen molar-refractivity contribution in [2.45, 2.75) is 26.2 Å².